The van der Waals surface area contributed by atoms with E-state index >= 15 is 0 Å². The van der Waals surface area contributed by atoms with Gasteiger partial charge in [0.1, 0.15) is 11.3 Å². The summed E-state index contributed by atoms with van der Waals surface area (Å²) in [6, 6.07) is 10.6. The van der Waals surface area contributed by atoms with Crippen LogP contribution in [0, 0.1) is 0 Å². The van der Waals surface area contributed by atoms with Crippen molar-refractivity contribution in [1.29, 1.82) is 0 Å². The lowest BCUT2D eigenvalue weighted by Crippen LogP contribution is -2.63. The molecule has 3 unspecified atom stereocenters. The van der Waals surface area contributed by atoms with Crippen molar-refractivity contribution in [2.24, 2.45) is 5.73 Å². The first-order chi connectivity index (χ1) is 12.7. The van der Waals surface area contributed by atoms with Crippen molar-refractivity contribution in [2.75, 3.05) is 13.2 Å². The van der Waals surface area contributed by atoms with Gasteiger partial charge < -0.3 is 20.7 Å². The van der Waals surface area contributed by atoms with Gasteiger partial charge in [-0.1, -0.05) is 30.3 Å². The Morgan fingerprint density at radius 3 is 2.26 bits per heavy atom. The highest BCUT2D eigenvalue weighted by molar-refractivity contribution is 5.19. The average molecular weight is 377 g/mol. The fraction of sp³-hybridized carbons (Fsp3) is 0.727. The van der Waals surface area contributed by atoms with Crippen molar-refractivity contribution in [3.05, 3.63) is 35.9 Å². The van der Waals surface area contributed by atoms with E-state index in [1.54, 1.807) is 20.8 Å². The molecule has 3 atom stereocenters. The van der Waals surface area contributed by atoms with Gasteiger partial charge in [-0.05, 0) is 64.4 Å². The quantitative estimate of drug-likeness (QED) is 0.711. The molecular formula is C22H36N2O3. The summed E-state index contributed by atoms with van der Waals surface area (Å²) in [4.78, 5) is 1.92. The maximum absolute atomic E-state index is 10.9. The van der Waals surface area contributed by atoms with Crippen molar-refractivity contribution >= 4 is 0 Å². The first-order valence-corrected chi connectivity index (χ1v) is 10.3. The third-order valence-corrected chi connectivity index (χ3v) is 6.76. The van der Waals surface area contributed by atoms with Gasteiger partial charge in [-0.3, -0.25) is 4.90 Å². The zero-order valence-electron chi connectivity index (χ0n) is 17.0. The number of likely N-dealkylation sites (tertiary alicyclic amines) is 1. The predicted octanol–water partition coefficient (Wildman–Crippen LogP) is 2.61. The lowest BCUT2D eigenvalue weighted by molar-refractivity contribution is -0.218. The summed E-state index contributed by atoms with van der Waals surface area (Å²) in [5.41, 5.74) is 5.17. The fourth-order valence-electron chi connectivity index (χ4n) is 4.51. The van der Waals surface area contributed by atoms with Crippen LogP contribution in [0.3, 0.4) is 0 Å². The minimum atomic E-state index is -1.33. The topological polar surface area (TPSA) is 79.0 Å². The van der Waals surface area contributed by atoms with E-state index in [1.165, 1.54) is 5.56 Å². The molecule has 1 aromatic carbocycles. The van der Waals surface area contributed by atoms with E-state index in [0.717, 1.165) is 32.1 Å². The Bertz CT molecular complexity index is 591. The smallest absolute Gasteiger partial charge is 0.144 e. The molecule has 152 valence electrons. The standard InChI is InChI=1S/C22H36N2O3/c1-21(2,25)22(3,26)24-14-13-19(23)20(24)15-27-18-11-9-17(10-12-18)16-7-5-4-6-8-16/h4-8,17-20,25-26H,9-15,23H2,1-3H3/t17-,18+,19?,20?,22?. The Labute approximate surface area is 163 Å². The Morgan fingerprint density at radius 2 is 1.67 bits per heavy atom. The largest absolute Gasteiger partial charge is 0.386 e. The van der Waals surface area contributed by atoms with Crippen LogP contribution in [0.25, 0.3) is 0 Å². The highest BCUT2D eigenvalue weighted by atomic mass is 16.5. The average Bonchev–Trinajstić information content (AvgIpc) is 3.01. The zero-order chi connectivity index (χ0) is 19.7. The van der Waals surface area contributed by atoms with E-state index in [9.17, 15) is 10.2 Å². The van der Waals surface area contributed by atoms with Crippen LogP contribution in [0.1, 0.15) is 64.4 Å². The third kappa shape index (κ3) is 4.54. The van der Waals surface area contributed by atoms with Gasteiger partial charge >= 0.3 is 0 Å². The number of nitrogens with two attached hydrogens (primary N) is 1. The van der Waals surface area contributed by atoms with E-state index in [1.807, 2.05) is 4.90 Å². The predicted molar refractivity (Wildman–Crippen MR) is 107 cm³/mol. The second-order valence-corrected chi connectivity index (χ2v) is 9.01. The van der Waals surface area contributed by atoms with Crippen molar-refractivity contribution in [3.8, 4) is 0 Å². The lowest BCUT2D eigenvalue weighted by atomic mass is 9.83. The van der Waals surface area contributed by atoms with Gasteiger partial charge in [-0.2, -0.15) is 0 Å². The zero-order valence-corrected chi connectivity index (χ0v) is 17.0. The minimum absolute atomic E-state index is 0.0421. The molecule has 5 heteroatoms. The number of aliphatic hydroxyl groups is 2. The molecule has 27 heavy (non-hydrogen) atoms. The van der Waals surface area contributed by atoms with Gasteiger partial charge in [0.15, 0.2) is 0 Å². The number of hydrogen-bond donors (Lipinski definition) is 3. The molecule has 2 fully saturated rings. The number of benzene rings is 1. The molecule has 3 rings (SSSR count). The Balaban J connectivity index is 1.53. The monoisotopic (exact) mass is 376 g/mol. The minimum Gasteiger partial charge on any atom is -0.386 e. The van der Waals surface area contributed by atoms with Gasteiger partial charge in [-0.25, -0.2) is 0 Å². The molecule has 0 aromatic heterocycles. The van der Waals surface area contributed by atoms with Crippen LogP contribution >= 0.6 is 0 Å². The Hall–Kier alpha value is -0.980. The summed E-state index contributed by atoms with van der Waals surface area (Å²) in [6.07, 6.45) is 5.48. The molecule has 1 heterocycles. The van der Waals surface area contributed by atoms with E-state index < -0.39 is 11.3 Å². The number of hydrogen-bond acceptors (Lipinski definition) is 5. The van der Waals surface area contributed by atoms with Crippen molar-refractivity contribution in [1.82, 2.24) is 4.90 Å². The van der Waals surface area contributed by atoms with Crippen LogP contribution in [0.2, 0.25) is 0 Å². The third-order valence-electron chi connectivity index (χ3n) is 6.76. The molecule has 2 aliphatic rings. The van der Waals surface area contributed by atoms with Crippen molar-refractivity contribution in [3.63, 3.8) is 0 Å². The number of nitrogens with zero attached hydrogens (tertiary/aromatic N) is 1. The highest BCUT2D eigenvalue weighted by Gasteiger charge is 2.49. The van der Waals surface area contributed by atoms with Gasteiger partial charge in [0.2, 0.25) is 0 Å². The Morgan fingerprint density at radius 1 is 1.04 bits per heavy atom. The molecule has 5 nitrogen and oxygen atoms in total. The van der Waals surface area contributed by atoms with E-state index in [0.29, 0.717) is 19.1 Å². The SMILES string of the molecule is CC(C)(O)C(C)(O)N1CCC(N)C1CO[C@H]1CC[C@@H](c2ccccc2)CC1. The van der Waals surface area contributed by atoms with Crippen molar-refractivity contribution < 1.29 is 14.9 Å². The van der Waals surface area contributed by atoms with Gasteiger partial charge in [-0.15, -0.1) is 0 Å². The second kappa shape index (κ2) is 8.18. The lowest BCUT2D eigenvalue weighted by Gasteiger charge is -2.46. The molecule has 1 saturated heterocycles. The molecule has 4 N–H and O–H groups in total. The maximum Gasteiger partial charge on any atom is 0.144 e. The van der Waals surface area contributed by atoms with E-state index in [2.05, 4.69) is 30.3 Å². The van der Waals surface area contributed by atoms with Gasteiger partial charge in [0.05, 0.1) is 18.8 Å². The van der Waals surface area contributed by atoms with Gasteiger partial charge in [0, 0.05) is 12.6 Å². The van der Waals surface area contributed by atoms with Crippen LogP contribution in [0.15, 0.2) is 30.3 Å². The highest BCUT2D eigenvalue weighted by Crippen LogP contribution is 2.36. The van der Waals surface area contributed by atoms with Crippen LogP contribution in [0.5, 0.6) is 0 Å². The summed E-state index contributed by atoms with van der Waals surface area (Å²) < 4.78 is 6.25. The molecule has 0 bridgehead atoms. The second-order valence-electron chi connectivity index (χ2n) is 9.01. The van der Waals surface area contributed by atoms with Gasteiger partial charge in [0.25, 0.3) is 0 Å². The summed E-state index contributed by atoms with van der Waals surface area (Å²) in [5, 5.41) is 21.3. The van der Waals surface area contributed by atoms with Crippen LogP contribution in [-0.2, 0) is 4.74 Å². The number of rotatable bonds is 6. The molecular weight excluding hydrogens is 340 g/mol. The Kier molecular flexibility index (Phi) is 6.28. The molecule has 1 aromatic rings. The first-order valence-electron chi connectivity index (χ1n) is 10.3. The van der Waals surface area contributed by atoms with E-state index in [4.69, 9.17) is 10.5 Å². The summed E-state index contributed by atoms with van der Waals surface area (Å²) in [7, 11) is 0. The summed E-state index contributed by atoms with van der Waals surface area (Å²) in [5.74, 6) is 0.632. The van der Waals surface area contributed by atoms with Crippen LogP contribution in [0.4, 0.5) is 0 Å². The fourth-order valence-corrected chi connectivity index (χ4v) is 4.51. The summed E-state index contributed by atoms with van der Waals surface area (Å²) >= 11 is 0. The number of ether oxygens (including phenoxy) is 1. The van der Waals surface area contributed by atoms with E-state index in [-0.39, 0.29) is 18.2 Å². The molecule has 1 aliphatic heterocycles. The maximum atomic E-state index is 10.9. The summed E-state index contributed by atoms with van der Waals surface area (Å²) in [6.45, 7) is 6.13. The molecule has 0 amide bonds. The normalized spacial score (nSPS) is 32.4. The van der Waals surface area contributed by atoms with Crippen LogP contribution in [-0.4, -0.2) is 57.8 Å². The van der Waals surface area contributed by atoms with Crippen LogP contribution < -0.4 is 5.73 Å². The molecule has 0 spiro atoms. The van der Waals surface area contributed by atoms with Crippen molar-refractivity contribution in [2.45, 2.75) is 88.3 Å². The first kappa shape index (κ1) is 20.7. The molecule has 1 saturated carbocycles. The molecule has 0 radical (unpaired) electrons. The molecule has 1 aliphatic carbocycles.